The van der Waals surface area contributed by atoms with Gasteiger partial charge in [-0.05, 0) is 62.1 Å². The second-order valence-corrected chi connectivity index (χ2v) is 7.87. The third-order valence-electron chi connectivity index (χ3n) is 5.15. The van der Waals surface area contributed by atoms with Gasteiger partial charge in [0.15, 0.2) is 0 Å². The van der Waals surface area contributed by atoms with Crippen LogP contribution in [0.3, 0.4) is 0 Å². The molecule has 3 rings (SSSR count). The van der Waals surface area contributed by atoms with Crippen molar-refractivity contribution in [2.24, 2.45) is 0 Å². The molecular formula is C25H32N4O3. The number of hydrogen-bond donors (Lipinski definition) is 2. The van der Waals surface area contributed by atoms with Crippen molar-refractivity contribution >= 4 is 6.03 Å². The molecule has 0 fully saturated rings. The van der Waals surface area contributed by atoms with E-state index in [-0.39, 0.29) is 17.8 Å². The van der Waals surface area contributed by atoms with Gasteiger partial charge in [0.2, 0.25) is 0 Å². The van der Waals surface area contributed by atoms with Gasteiger partial charge in [-0.1, -0.05) is 24.3 Å². The number of benzene rings is 2. The van der Waals surface area contributed by atoms with Crippen molar-refractivity contribution in [2.75, 3.05) is 13.2 Å². The highest BCUT2D eigenvalue weighted by Crippen LogP contribution is 2.15. The third kappa shape index (κ3) is 7.34. The standard InChI is InChI=1S/C25H32N4O3/c1-3-32-24-11-7-22(8-12-24)18-29(15-4-14-28-16-13-26-19-28)25(31)27-20(2)17-21-5-9-23(30)10-6-21/h5-13,16,19-20,30H,3-4,14-15,17-18H2,1-2H3,(H,27,31). The van der Waals surface area contributed by atoms with Crippen molar-refractivity contribution in [3.8, 4) is 11.5 Å². The maximum absolute atomic E-state index is 13.1. The van der Waals surface area contributed by atoms with Gasteiger partial charge in [0.25, 0.3) is 0 Å². The van der Waals surface area contributed by atoms with E-state index in [1.807, 2.05) is 65.9 Å². The first-order chi connectivity index (χ1) is 15.5. The number of urea groups is 1. The zero-order valence-corrected chi connectivity index (χ0v) is 18.8. The van der Waals surface area contributed by atoms with Gasteiger partial charge in [0.05, 0.1) is 12.9 Å². The zero-order valence-electron chi connectivity index (χ0n) is 18.8. The van der Waals surface area contributed by atoms with Crippen molar-refractivity contribution in [1.29, 1.82) is 0 Å². The lowest BCUT2D eigenvalue weighted by Crippen LogP contribution is -2.44. The number of aromatic nitrogens is 2. The van der Waals surface area contributed by atoms with E-state index in [0.717, 1.165) is 29.8 Å². The number of imidazole rings is 1. The van der Waals surface area contributed by atoms with Gasteiger partial charge >= 0.3 is 6.03 Å². The molecule has 0 radical (unpaired) electrons. The molecule has 2 aromatic carbocycles. The number of phenols is 1. The molecule has 0 aliphatic carbocycles. The molecule has 0 bridgehead atoms. The van der Waals surface area contributed by atoms with Crippen LogP contribution in [0.1, 0.15) is 31.4 Å². The van der Waals surface area contributed by atoms with Crippen molar-refractivity contribution in [2.45, 2.75) is 45.8 Å². The first-order valence-electron chi connectivity index (χ1n) is 11.0. The van der Waals surface area contributed by atoms with Gasteiger partial charge in [-0.2, -0.15) is 0 Å². The lowest BCUT2D eigenvalue weighted by molar-refractivity contribution is 0.190. The Kier molecular flexibility index (Phi) is 8.54. The molecule has 0 aliphatic heterocycles. The maximum Gasteiger partial charge on any atom is 0.317 e. The normalized spacial score (nSPS) is 11.7. The Bertz CT molecular complexity index is 940. The van der Waals surface area contributed by atoms with Crippen LogP contribution >= 0.6 is 0 Å². The lowest BCUT2D eigenvalue weighted by atomic mass is 10.1. The number of aryl methyl sites for hydroxylation is 1. The van der Waals surface area contributed by atoms with Crippen LogP contribution < -0.4 is 10.1 Å². The number of carbonyl (C=O) groups excluding carboxylic acids is 1. The monoisotopic (exact) mass is 436 g/mol. The molecule has 0 spiro atoms. The first-order valence-corrected chi connectivity index (χ1v) is 11.0. The van der Waals surface area contributed by atoms with Crippen LogP contribution in [0.5, 0.6) is 11.5 Å². The zero-order chi connectivity index (χ0) is 22.8. The summed E-state index contributed by atoms with van der Waals surface area (Å²) in [6.07, 6.45) is 6.99. The van der Waals surface area contributed by atoms with Crippen molar-refractivity contribution in [3.63, 3.8) is 0 Å². The van der Waals surface area contributed by atoms with Crippen LogP contribution in [-0.4, -0.2) is 44.8 Å². The number of phenolic OH excluding ortho intramolecular Hbond substituents is 1. The number of amides is 2. The van der Waals surface area contributed by atoms with Crippen LogP contribution in [0.25, 0.3) is 0 Å². The highest BCUT2D eigenvalue weighted by Gasteiger charge is 2.17. The summed E-state index contributed by atoms with van der Waals surface area (Å²) in [5, 5.41) is 12.6. The number of nitrogens with zero attached hydrogens (tertiary/aromatic N) is 3. The molecule has 1 atom stereocenters. The molecule has 7 heteroatoms. The molecule has 7 nitrogen and oxygen atoms in total. The summed E-state index contributed by atoms with van der Waals surface area (Å²) >= 11 is 0. The summed E-state index contributed by atoms with van der Waals surface area (Å²) in [5.41, 5.74) is 2.12. The van der Waals surface area contributed by atoms with Crippen LogP contribution in [0.4, 0.5) is 4.79 Å². The molecule has 32 heavy (non-hydrogen) atoms. The van der Waals surface area contributed by atoms with Crippen LogP contribution in [0, 0.1) is 0 Å². The highest BCUT2D eigenvalue weighted by atomic mass is 16.5. The van der Waals surface area contributed by atoms with Crippen molar-refractivity contribution in [3.05, 3.63) is 78.4 Å². The molecule has 1 aromatic heterocycles. The summed E-state index contributed by atoms with van der Waals surface area (Å²) in [4.78, 5) is 19.0. The molecule has 2 N–H and O–H groups in total. The van der Waals surface area contributed by atoms with E-state index in [2.05, 4.69) is 10.3 Å². The van der Waals surface area contributed by atoms with Gasteiger partial charge < -0.3 is 24.6 Å². The fraction of sp³-hybridized carbons (Fsp3) is 0.360. The van der Waals surface area contributed by atoms with Crippen LogP contribution in [0.2, 0.25) is 0 Å². The predicted octanol–water partition coefficient (Wildman–Crippen LogP) is 4.22. The van der Waals surface area contributed by atoms with E-state index >= 15 is 0 Å². The maximum atomic E-state index is 13.1. The second-order valence-electron chi connectivity index (χ2n) is 7.87. The average molecular weight is 437 g/mol. The van der Waals surface area contributed by atoms with E-state index in [9.17, 15) is 9.90 Å². The fourth-order valence-corrected chi connectivity index (χ4v) is 3.53. The minimum Gasteiger partial charge on any atom is -0.508 e. The molecule has 0 saturated carbocycles. The molecule has 1 unspecified atom stereocenters. The summed E-state index contributed by atoms with van der Waals surface area (Å²) < 4.78 is 7.53. The quantitative estimate of drug-likeness (QED) is 0.472. The summed E-state index contributed by atoms with van der Waals surface area (Å²) in [6, 6.07) is 14.8. The molecule has 0 aliphatic rings. The third-order valence-corrected chi connectivity index (χ3v) is 5.15. The summed E-state index contributed by atoms with van der Waals surface area (Å²) in [6.45, 7) is 6.53. The van der Waals surface area contributed by atoms with Crippen molar-refractivity contribution in [1.82, 2.24) is 19.8 Å². The molecule has 2 amide bonds. The van der Waals surface area contributed by atoms with Crippen molar-refractivity contribution < 1.29 is 14.6 Å². The van der Waals surface area contributed by atoms with Gasteiger partial charge in [-0.15, -0.1) is 0 Å². The Hall–Kier alpha value is -3.48. The lowest BCUT2D eigenvalue weighted by Gasteiger charge is -2.26. The smallest absolute Gasteiger partial charge is 0.317 e. The summed E-state index contributed by atoms with van der Waals surface area (Å²) in [7, 11) is 0. The number of carbonyl (C=O) groups is 1. The Morgan fingerprint density at radius 2 is 1.88 bits per heavy atom. The number of rotatable bonds is 11. The van der Waals surface area contributed by atoms with Gasteiger partial charge in [-0.25, -0.2) is 9.78 Å². The number of hydrogen-bond acceptors (Lipinski definition) is 4. The van der Waals surface area contributed by atoms with Gasteiger partial charge in [0, 0.05) is 38.1 Å². The Balaban J connectivity index is 1.61. The molecule has 170 valence electrons. The van der Waals surface area contributed by atoms with Gasteiger partial charge in [0.1, 0.15) is 11.5 Å². The van der Waals surface area contributed by atoms with Crippen LogP contribution in [0.15, 0.2) is 67.3 Å². The average Bonchev–Trinajstić information content (AvgIpc) is 3.29. The Labute approximate surface area is 189 Å². The number of aromatic hydroxyl groups is 1. The highest BCUT2D eigenvalue weighted by molar-refractivity contribution is 5.74. The largest absolute Gasteiger partial charge is 0.508 e. The minimum atomic E-state index is -0.0872. The Morgan fingerprint density at radius 3 is 2.53 bits per heavy atom. The van der Waals surface area contributed by atoms with E-state index in [0.29, 0.717) is 26.1 Å². The summed E-state index contributed by atoms with van der Waals surface area (Å²) in [5.74, 6) is 1.07. The topological polar surface area (TPSA) is 79.6 Å². The predicted molar refractivity (Wildman–Crippen MR) is 125 cm³/mol. The number of ether oxygens (including phenoxy) is 1. The molecule has 0 saturated heterocycles. The first kappa shape index (κ1) is 23.2. The van der Waals surface area contributed by atoms with Crippen LogP contribution in [-0.2, 0) is 19.5 Å². The SMILES string of the molecule is CCOc1ccc(CN(CCCn2ccnc2)C(=O)NC(C)Cc2ccc(O)cc2)cc1. The molecule has 3 aromatic rings. The van der Waals surface area contributed by atoms with E-state index < -0.39 is 0 Å². The second kappa shape index (κ2) is 11.8. The Morgan fingerprint density at radius 1 is 1.16 bits per heavy atom. The van der Waals surface area contributed by atoms with E-state index in [4.69, 9.17) is 4.74 Å². The number of nitrogens with one attached hydrogen (secondary N) is 1. The van der Waals surface area contributed by atoms with E-state index in [1.165, 1.54) is 0 Å². The molecular weight excluding hydrogens is 404 g/mol. The van der Waals surface area contributed by atoms with Gasteiger partial charge in [-0.3, -0.25) is 0 Å². The van der Waals surface area contributed by atoms with E-state index in [1.54, 1.807) is 24.7 Å². The molecule has 1 heterocycles. The fourth-order valence-electron chi connectivity index (χ4n) is 3.53. The minimum absolute atomic E-state index is 0.0384.